The van der Waals surface area contributed by atoms with E-state index in [1.807, 2.05) is 42.5 Å². The van der Waals surface area contributed by atoms with Gasteiger partial charge < -0.3 is 24.8 Å². The first kappa shape index (κ1) is 26.6. The van der Waals surface area contributed by atoms with Crippen molar-refractivity contribution in [3.8, 4) is 23.1 Å². The van der Waals surface area contributed by atoms with Crippen LogP contribution in [0.3, 0.4) is 0 Å². The highest BCUT2D eigenvalue weighted by atomic mass is 16.5. The number of aliphatic carboxylic acids is 1. The Kier molecular flexibility index (Phi) is 7.54. The molecule has 3 aliphatic rings. The molecule has 39 heavy (non-hydrogen) atoms. The first-order valence-electron chi connectivity index (χ1n) is 13.4. The van der Waals surface area contributed by atoms with Gasteiger partial charge in [0.05, 0.1) is 25.0 Å². The lowest BCUT2D eigenvalue weighted by Gasteiger charge is -2.26. The third-order valence-electron chi connectivity index (χ3n) is 7.98. The van der Waals surface area contributed by atoms with Crippen LogP contribution < -0.4 is 14.8 Å². The number of fused-ring (bicyclic) bond motifs is 2. The Labute approximate surface area is 227 Å². The van der Waals surface area contributed by atoms with Crippen LogP contribution in [0.5, 0.6) is 11.8 Å². The molecule has 0 radical (unpaired) electrons. The van der Waals surface area contributed by atoms with Crippen molar-refractivity contribution in [2.45, 2.75) is 50.2 Å². The van der Waals surface area contributed by atoms with E-state index >= 15 is 0 Å². The van der Waals surface area contributed by atoms with E-state index in [-0.39, 0.29) is 24.1 Å². The van der Waals surface area contributed by atoms with Gasteiger partial charge in [0.1, 0.15) is 11.6 Å². The van der Waals surface area contributed by atoms with Gasteiger partial charge in [-0.2, -0.15) is 9.97 Å². The highest BCUT2D eigenvalue weighted by molar-refractivity contribution is 5.94. The fraction of sp³-hybridized carbons (Fsp3) is 0.483. The van der Waals surface area contributed by atoms with Crippen molar-refractivity contribution in [2.75, 3.05) is 20.7 Å². The van der Waals surface area contributed by atoms with Crippen LogP contribution in [0.2, 0.25) is 0 Å². The van der Waals surface area contributed by atoms with Gasteiger partial charge in [0, 0.05) is 25.1 Å². The number of nitrogens with one attached hydrogen (secondary N) is 1. The van der Waals surface area contributed by atoms with Crippen LogP contribution in [-0.4, -0.2) is 70.1 Å². The molecular weight excluding hydrogens is 500 g/mol. The number of benzene rings is 1. The summed E-state index contributed by atoms with van der Waals surface area (Å²) < 4.78 is 11.6. The molecule has 2 N–H and O–H groups in total. The number of hydrogen-bond donors (Lipinski definition) is 2. The van der Waals surface area contributed by atoms with Gasteiger partial charge in [-0.25, -0.2) is 4.79 Å². The molecule has 0 saturated heterocycles. The summed E-state index contributed by atoms with van der Waals surface area (Å²) in [7, 11) is 3.27. The Bertz CT molecular complexity index is 1270. The number of aromatic nitrogens is 2. The second kappa shape index (κ2) is 11.0. The van der Waals surface area contributed by atoms with Crippen LogP contribution in [0.4, 0.5) is 0 Å². The van der Waals surface area contributed by atoms with Gasteiger partial charge in [0.25, 0.3) is 0 Å². The Morgan fingerprint density at radius 3 is 2.59 bits per heavy atom. The quantitative estimate of drug-likeness (QED) is 0.560. The normalized spacial score (nSPS) is 29.0. The minimum absolute atomic E-state index is 0.129. The highest BCUT2D eigenvalue weighted by Gasteiger charge is 2.61. The molecule has 1 aliphatic heterocycles. The van der Waals surface area contributed by atoms with Crippen molar-refractivity contribution >= 4 is 17.8 Å². The molecule has 5 rings (SSSR count). The van der Waals surface area contributed by atoms with Gasteiger partial charge in [-0.3, -0.25) is 9.59 Å². The number of carboxylic acids is 1. The largest absolute Gasteiger partial charge is 0.481 e. The highest BCUT2D eigenvalue weighted by Crippen LogP contribution is 2.46. The zero-order valence-electron chi connectivity index (χ0n) is 22.2. The predicted octanol–water partition coefficient (Wildman–Crippen LogP) is 3.08. The number of carbonyl (C=O) groups excluding carboxylic acids is 2. The fourth-order valence-corrected chi connectivity index (χ4v) is 5.65. The second-order valence-electron chi connectivity index (χ2n) is 10.6. The smallest absolute Gasteiger partial charge is 0.330 e. The fourth-order valence-electron chi connectivity index (χ4n) is 5.65. The number of nitrogens with zero attached hydrogens (tertiary/aromatic N) is 3. The summed E-state index contributed by atoms with van der Waals surface area (Å²) >= 11 is 0. The Morgan fingerprint density at radius 1 is 1.10 bits per heavy atom. The van der Waals surface area contributed by atoms with Crippen LogP contribution in [-0.2, 0) is 14.4 Å². The maximum Gasteiger partial charge on any atom is 0.330 e. The number of carboxylic acid groups (broad SMARTS) is 1. The zero-order chi connectivity index (χ0) is 27.6. The topological polar surface area (TPSA) is 131 Å². The lowest BCUT2D eigenvalue weighted by molar-refractivity contribution is -0.145. The Hall–Kier alpha value is -3.95. The maximum atomic E-state index is 13.5. The average Bonchev–Trinajstić information content (AvgIpc) is 3.48. The first-order valence-corrected chi connectivity index (χ1v) is 13.4. The molecule has 2 aromatic rings. The van der Waals surface area contributed by atoms with Crippen molar-refractivity contribution in [3.05, 3.63) is 48.6 Å². The number of ether oxygens (including phenoxy) is 2. The summed E-state index contributed by atoms with van der Waals surface area (Å²) in [4.78, 5) is 49.8. The number of rotatable bonds is 5. The van der Waals surface area contributed by atoms with E-state index < -0.39 is 35.4 Å². The van der Waals surface area contributed by atoms with E-state index in [0.29, 0.717) is 31.1 Å². The third kappa shape index (κ3) is 5.60. The molecule has 2 aliphatic carbocycles. The summed E-state index contributed by atoms with van der Waals surface area (Å²) in [5, 5.41) is 12.7. The van der Waals surface area contributed by atoms with E-state index in [2.05, 4.69) is 15.3 Å². The van der Waals surface area contributed by atoms with E-state index in [4.69, 9.17) is 9.47 Å². The molecule has 2 amide bonds. The van der Waals surface area contributed by atoms with E-state index in [0.717, 1.165) is 24.8 Å². The van der Waals surface area contributed by atoms with E-state index in [1.54, 1.807) is 18.0 Å². The van der Waals surface area contributed by atoms with Crippen LogP contribution in [0.15, 0.2) is 48.6 Å². The molecule has 1 aromatic carbocycles. The predicted molar refractivity (Wildman–Crippen MR) is 142 cm³/mol. The van der Waals surface area contributed by atoms with Crippen molar-refractivity contribution < 1.29 is 29.0 Å². The van der Waals surface area contributed by atoms with Crippen molar-refractivity contribution in [2.24, 2.45) is 17.8 Å². The molecule has 2 fully saturated rings. The van der Waals surface area contributed by atoms with Crippen LogP contribution in [0.1, 0.15) is 38.5 Å². The van der Waals surface area contributed by atoms with Crippen LogP contribution in [0, 0.1) is 17.8 Å². The van der Waals surface area contributed by atoms with Gasteiger partial charge in [0.15, 0.2) is 5.82 Å². The molecule has 1 aromatic heterocycles. The minimum atomic E-state index is -1.32. The molecule has 0 spiro atoms. The molecule has 0 unspecified atom stereocenters. The molecule has 10 heteroatoms. The number of amides is 2. The van der Waals surface area contributed by atoms with Gasteiger partial charge in [-0.15, -0.1) is 0 Å². The standard InChI is InChI=1S/C29H34N4O6/c1-33-13-9-4-3-8-12-19-17-29(19,28(36)37)32-26(34)21-14-20(15-22(21)27(33)35)39-24-16-23(38-2)30-25(31-24)18-10-6-5-7-11-18/h5-8,10-12,16,19-22H,3-4,9,13-15,17H2,1-2H3,(H,32,34)(H,36,37)/t19-,20-,21-,22-,29-/m1/s1. The molecular formula is C29H34N4O6. The summed E-state index contributed by atoms with van der Waals surface area (Å²) in [6, 6.07) is 11.0. The van der Waals surface area contributed by atoms with Crippen molar-refractivity contribution in [3.63, 3.8) is 0 Å². The number of allylic oxidation sites excluding steroid dienone is 1. The Morgan fingerprint density at radius 2 is 1.85 bits per heavy atom. The molecule has 10 nitrogen and oxygen atoms in total. The van der Waals surface area contributed by atoms with Gasteiger partial charge >= 0.3 is 5.97 Å². The number of hydrogen-bond acceptors (Lipinski definition) is 7. The monoisotopic (exact) mass is 534 g/mol. The van der Waals surface area contributed by atoms with Gasteiger partial charge in [-0.05, 0) is 38.5 Å². The summed E-state index contributed by atoms with van der Waals surface area (Å²) in [6.45, 7) is 0.592. The third-order valence-corrected chi connectivity index (χ3v) is 7.98. The first-order chi connectivity index (χ1) is 18.8. The molecule has 5 atom stereocenters. The molecule has 2 heterocycles. The Balaban J connectivity index is 1.40. The number of methoxy groups -OCH3 is 1. The van der Waals surface area contributed by atoms with Gasteiger partial charge in [0.2, 0.25) is 23.6 Å². The summed E-state index contributed by atoms with van der Waals surface area (Å²) in [5.41, 5.74) is -0.523. The van der Waals surface area contributed by atoms with E-state index in [1.165, 1.54) is 7.11 Å². The lowest BCUT2D eigenvalue weighted by atomic mass is 9.93. The van der Waals surface area contributed by atoms with Crippen molar-refractivity contribution in [1.29, 1.82) is 0 Å². The van der Waals surface area contributed by atoms with Crippen LogP contribution >= 0.6 is 0 Å². The molecule has 206 valence electrons. The maximum absolute atomic E-state index is 13.5. The summed E-state index contributed by atoms with van der Waals surface area (Å²) in [5.74, 6) is -2.14. The zero-order valence-corrected chi connectivity index (χ0v) is 22.2. The average molecular weight is 535 g/mol. The summed E-state index contributed by atoms with van der Waals surface area (Å²) in [6.07, 6.45) is 6.86. The lowest BCUT2D eigenvalue weighted by Crippen LogP contribution is -2.49. The second-order valence-corrected chi connectivity index (χ2v) is 10.6. The molecule has 0 bridgehead atoms. The SMILES string of the molecule is COc1cc(O[C@@H]2C[C@H]3C(=O)N[C@]4(C(=O)O)C[C@H]4C=CCCCCN(C)C(=O)[C@@H]3C2)nc(-c2ccccc2)n1. The van der Waals surface area contributed by atoms with E-state index in [9.17, 15) is 19.5 Å². The molecule has 2 saturated carbocycles. The van der Waals surface area contributed by atoms with Crippen LogP contribution in [0.25, 0.3) is 11.4 Å². The van der Waals surface area contributed by atoms with Gasteiger partial charge in [-0.1, -0.05) is 42.5 Å². The van der Waals surface area contributed by atoms with Crippen molar-refractivity contribution in [1.82, 2.24) is 20.2 Å². The number of carbonyl (C=O) groups is 3. The minimum Gasteiger partial charge on any atom is -0.481 e.